The van der Waals surface area contributed by atoms with Crippen LogP contribution in [0.1, 0.15) is 43.4 Å². The van der Waals surface area contributed by atoms with E-state index in [-0.39, 0.29) is 49.0 Å². The van der Waals surface area contributed by atoms with Gasteiger partial charge in [-0.1, -0.05) is 30.3 Å². The molecule has 0 amide bonds. The number of nitrogens with one attached hydrogen (secondary N) is 1. The smallest absolute Gasteiger partial charge is 0.313 e. The SMILES string of the molecule is CCOC(=O)CC(=O)Cc1cc(F)ccc1F.CCOC(=O)CC(Cc1cc(F)ccc1F)NCc1ccccc1. The summed E-state index contributed by atoms with van der Waals surface area (Å²) < 4.78 is 62.8. The van der Waals surface area contributed by atoms with E-state index in [9.17, 15) is 31.9 Å². The summed E-state index contributed by atoms with van der Waals surface area (Å²) in [5.74, 6) is -3.79. The fourth-order valence-corrected chi connectivity index (χ4v) is 3.79. The predicted octanol–water partition coefficient (Wildman–Crippen LogP) is 5.65. The minimum Gasteiger partial charge on any atom is -0.466 e. The predicted molar refractivity (Wildman–Crippen MR) is 145 cm³/mol. The number of benzene rings is 3. The second kappa shape index (κ2) is 17.6. The first-order valence-corrected chi connectivity index (χ1v) is 13.1. The number of hydrogen-bond donors (Lipinski definition) is 1. The van der Waals surface area contributed by atoms with Gasteiger partial charge in [0.25, 0.3) is 0 Å². The van der Waals surface area contributed by atoms with E-state index >= 15 is 0 Å². The van der Waals surface area contributed by atoms with Crippen LogP contribution in [0, 0.1) is 23.3 Å². The zero-order valence-corrected chi connectivity index (χ0v) is 22.9. The molecule has 0 radical (unpaired) electrons. The lowest BCUT2D eigenvalue weighted by Gasteiger charge is -2.19. The third kappa shape index (κ3) is 12.8. The molecule has 1 unspecified atom stereocenters. The van der Waals surface area contributed by atoms with Crippen LogP contribution in [0.25, 0.3) is 0 Å². The van der Waals surface area contributed by atoms with Crippen molar-refractivity contribution >= 4 is 17.7 Å². The van der Waals surface area contributed by atoms with Crippen LogP contribution < -0.4 is 5.32 Å². The summed E-state index contributed by atoms with van der Waals surface area (Å²) >= 11 is 0. The molecule has 6 nitrogen and oxygen atoms in total. The molecule has 0 aromatic heterocycles. The number of ketones is 1. The van der Waals surface area contributed by atoms with Gasteiger partial charge in [-0.3, -0.25) is 14.4 Å². The topological polar surface area (TPSA) is 81.7 Å². The van der Waals surface area contributed by atoms with E-state index < -0.39 is 41.4 Å². The average Bonchev–Trinajstić information content (AvgIpc) is 2.92. The molecule has 0 aliphatic heterocycles. The average molecular weight is 576 g/mol. The maximum absolute atomic E-state index is 13.9. The Morgan fingerprint density at radius 3 is 1.93 bits per heavy atom. The number of carbonyl (C=O) groups is 3. The van der Waals surface area contributed by atoms with Crippen molar-refractivity contribution in [1.29, 1.82) is 0 Å². The summed E-state index contributed by atoms with van der Waals surface area (Å²) in [4.78, 5) is 34.1. The number of halogens is 4. The van der Waals surface area contributed by atoms with Crippen LogP contribution >= 0.6 is 0 Å². The molecule has 0 aliphatic rings. The number of esters is 2. The van der Waals surface area contributed by atoms with E-state index in [1.54, 1.807) is 13.8 Å². The minimum absolute atomic E-state index is 0.0562. The van der Waals surface area contributed by atoms with Crippen LogP contribution in [-0.2, 0) is 43.2 Å². The molecule has 0 aliphatic carbocycles. The summed E-state index contributed by atoms with van der Waals surface area (Å²) in [5.41, 5.74) is 1.23. The van der Waals surface area contributed by atoms with Crippen LogP contribution in [0.3, 0.4) is 0 Å². The number of rotatable bonds is 13. The molecule has 41 heavy (non-hydrogen) atoms. The Labute approximate surface area is 236 Å². The minimum atomic E-state index is -0.663. The van der Waals surface area contributed by atoms with Gasteiger partial charge < -0.3 is 14.8 Å². The maximum Gasteiger partial charge on any atom is 0.313 e. The van der Waals surface area contributed by atoms with Crippen LogP contribution in [0.5, 0.6) is 0 Å². The second-order valence-corrected chi connectivity index (χ2v) is 8.95. The van der Waals surface area contributed by atoms with Gasteiger partial charge in [0.1, 0.15) is 35.5 Å². The Morgan fingerprint density at radius 2 is 1.32 bits per heavy atom. The van der Waals surface area contributed by atoms with Gasteiger partial charge in [0, 0.05) is 19.0 Å². The molecule has 0 spiro atoms. The molecule has 0 fully saturated rings. The highest BCUT2D eigenvalue weighted by Gasteiger charge is 2.18. The highest BCUT2D eigenvalue weighted by molar-refractivity contribution is 5.96. The van der Waals surface area contributed by atoms with Crippen molar-refractivity contribution in [3.63, 3.8) is 0 Å². The fourth-order valence-electron chi connectivity index (χ4n) is 3.79. The van der Waals surface area contributed by atoms with Crippen molar-refractivity contribution in [2.24, 2.45) is 0 Å². The highest BCUT2D eigenvalue weighted by atomic mass is 19.1. The van der Waals surface area contributed by atoms with Crippen molar-refractivity contribution in [3.8, 4) is 0 Å². The van der Waals surface area contributed by atoms with Gasteiger partial charge in [-0.05, 0) is 73.4 Å². The summed E-state index contributed by atoms with van der Waals surface area (Å²) in [6.45, 7) is 4.35. The van der Waals surface area contributed by atoms with E-state index in [1.807, 2.05) is 30.3 Å². The summed E-state index contributed by atoms with van der Waals surface area (Å²) in [7, 11) is 0. The lowest BCUT2D eigenvalue weighted by molar-refractivity contribution is -0.146. The Kier molecular flexibility index (Phi) is 14.2. The normalized spacial score (nSPS) is 11.2. The Balaban J connectivity index is 0.000000305. The molecule has 3 rings (SSSR count). The molecular formula is C31H33F4NO5. The van der Waals surface area contributed by atoms with E-state index in [0.29, 0.717) is 13.2 Å². The fraction of sp³-hybridized carbons (Fsp3) is 0.323. The van der Waals surface area contributed by atoms with Crippen molar-refractivity contribution in [2.75, 3.05) is 13.2 Å². The van der Waals surface area contributed by atoms with Crippen molar-refractivity contribution in [3.05, 3.63) is 107 Å². The van der Waals surface area contributed by atoms with Crippen molar-refractivity contribution in [1.82, 2.24) is 5.32 Å². The Hall–Kier alpha value is -4.05. The van der Waals surface area contributed by atoms with Crippen LogP contribution in [0.4, 0.5) is 17.6 Å². The van der Waals surface area contributed by atoms with Gasteiger partial charge in [-0.25, -0.2) is 17.6 Å². The molecule has 0 heterocycles. The molecule has 220 valence electrons. The summed E-state index contributed by atoms with van der Waals surface area (Å²) in [6.07, 6.45) is -0.446. The van der Waals surface area contributed by atoms with Gasteiger partial charge in [-0.15, -0.1) is 0 Å². The monoisotopic (exact) mass is 575 g/mol. The maximum atomic E-state index is 13.9. The van der Waals surface area contributed by atoms with E-state index in [1.165, 1.54) is 0 Å². The van der Waals surface area contributed by atoms with Crippen molar-refractivity contribution in [2.45, 2.75) is 52.1 Å². The number of carbonyl (C=O) groups excluding carboxylic acids is 3. The van der Waals surface area contributed by atoms with Gasteiger partial charge in [0.05, 0.1) is 19.6 Å². The number of Topliss-reactive ketones (excluding diaryl/α,β-unsaturated/α-hetero) is 1. The zero-order chi connectivity index (χ0) is 30.2. The zero-order valence-electron chi connectivity index (χ0n) is 22.9. The van der Waals surface area contributed by atoms with E-state index in [2.05, 4.69) is 10.1 Å². The largest absolute Gasteiger partial charge is 0.466 e. The van der Waals surface area contributed by atoms with Crippen molar-refractivity contribution < 1.29 is 41.4 Å². The standard InChI is InChI=1S/C19H21F2NO2.C12H12F2O3/c1-2-24-19(23)12-17(22-13-14-6-4-3-5-7-14)11-15-10-16(20)8-9-18(15)21;1-2-17-12(16)7-10(15)6-8-5-9(13)3-4-11(8)14/h3-10,17,22H,2,11-13H2,1H3;3-5H,2,6-7H2,1H3. The molecule has 0 bridgehead atoms. The summed E-state index contributed by atoms with van der Waals surface area (Å²) in [6, 6.07) is 15.5. The molecule has 1 atom stereocenters. The van der Waals surface area contributed by atoms with Crippen LogP contribution in [0.15, 0.2) is 66.7 Å². The number of ether oxygens (including phenoxy) is 2. The quantitative estimate of drug-likeness (QED) is 0.161. The number of hydrogen-bond acceptors (Lipinski definition) is 6. The first kappa shape index (κ1) is 33.2. The Bertz CT molecular complexity index is 1290. The third-order valence-electron chi connectivity index (χ3n) is 5.67. The Morgan fingerprint density at radius 1 is 0.756 bits per heavy atom. The van der Waals surface area contributed by atoms with Crippen LogP contribution in [-0.4, -0.2) is 37.0 Å². The van der Waals surface area contributed by atoms with Gasteiger partial charge >= 0.3 is 11.9 Å². The van der Waals surface area contributed by atoms with Gasteiger partial charge in [0.2, 0.25) is 0 Å². The lowest BCUT2D eigenvalue weighted by atomic mass is 10.0. The molecule has 1 N–H and O–H groups in total. The molecule has 10 heteroatoms. The third-order valence-corrected chi connectivity index (χ3v) is 5.67. The molecule has 0 saturated carbocycles. The second-order valence-electron chi connectivity index (χ2n) is 8.95. The molecular weight excluding hydrogens is 542 g/mol. The summed E-state index contributed by atoms with van der Waals surface area (Å²) in [5, 5.41) is 3.23. The molecule has 3 aromatic carbocycles. The van der Waals surface area contributed by atoms with Gasteiger partial charge in [-0.2, -0.15) is 0 Å². The van der Waals surface area contributed by atoms with E-state index in [4.69, 9.17) is 4.74 Å². The molecule has 0 saturated heterocycles. The highest BCUT2D eigenvalue weighted by Crippen LogP contribution is 2.15. The first-order chi connectivity index (χ1) is 19.6. The first-order valence-electron chi connectivity index (χ1n) is 13.1. The molecule has 3 aromatic rings. The van der Waals surface area contributed by atoms with Gasteiger partial charge in [0.15, 0.2) is 0 Å². The van der Waals surface area contributed by atoms with Crippen LogP contribution in [0.2, 0.25) is 0 Å². The van der Waals surface area contributed by atoms with E-state index in [0.717, 1.165) is 42.0 Å². The lowest BCUT2D eigenvalue weighted by Crippen LogP contribution is -2.34.